The quantitative estimate of drug-likeness (QED) is 0.544. The summed E-state index contributed by atoms with van der Waals surface area (Å²) in [7, 11) is -3.73. The number of rotatable bonds is 6. The average Bonchev–Trinajstić information content (AvgIpc) is 3.27. The Balaban J connectivity index is 1.45. The number of halogens is 1. The Bertz CT molecular complexity index is 1160. The minimum Gasteiger partial charge on any atom is -0.486 e. The lowest BCUT2D eigenvalue weighted by molar-refractivity contribution is 0.102. The number of fused-ring (bicyclic) bond motifs is 1. The molecule has 4 rings (SSSR count). The van der Waals surface area contributed by atoms with Crippen molar-refractivity contribution in [3.63, 3.8) is 0 Å². The van der Waals surface area contributed by atoms with Gasteiger partial charge >= 0.3 is 0 Å². The lowest BCUT2D eigenvalue weighted by Gasteiger charge is -2.20. The summed E-state index contributed by atoms with van der Waals surface area (Å²) in [5.41, 5.74) is 0.822. The maximum atomic E-state index is 12.6. The van der Waals surface area contributed by atoms with Crippen LogP contribution in [0.4, 0.5) is 5.69 Å². The number of hydrogen-bond donors (Lipinski definition) is 2. The van der Waals surface area contributed by atoms with Crippen molar-refractivity contribution in [2.75, 3.05) is 18.5 Å². The molecule has 0 unspecified atom stereocenters. The van der Waals surface area contributed by atoms with Crippen molar-refractivity contribution in [1.29, 1.82) is 0 Å². The first kappa shape index (κ1) is 20.5. The number of carbonyl (C=O) groups is 1. The molecular formula is C20H17BrN2O6S. The van der Waals surface area contributed by atoms with Crippen LogP contribution in [0.2, 0.25) is 0 Å². The number of nitrogens with one attached hydrogen (secondary N) is 2. The molecule has 0 spiro atoms. The first-order valence-electron chi connectivity index (χ1n) is 8.95. The number of furan rings is 1. The summed E-state index contributed by atoms with van der Waals surface area (Å²) in [6, 6.07) is 12.4. The molecule has 1 aliphatic rings. The van der Waals surface area contributed by atoms with Crippen LogP contribution in [-0.2, 0) is 16.6 Å². The number of anilines is 1. The summed E-state index contributed by atoms with van der Waals surface area (Å²) >= 11 is 3.40. The highest BCUT2D eigenvalue weighted by Gasteiger charge is 2.18. The largest absolute Gasteiger partial charge is 0.486 e. The SMILES string of the molecule is O=C(Nc1cc2c(cc1Br)OCCO2)c1ccc(S(=O)(=O)NCc2ccco2)cc1. The van der Waals surface area contributed by atoms with Crippen LogP contribution < -0.4 is 19.5 Å². The summed E-state index contributed by atoms with van der Waals surface area (Å²) in [6.07, 6.45) is 1.47. The van der Waals surface area contributed by atoms with E-state index in [-0.39, 0.29) is 17.3 Å². The third-order valence-corrected chi connectivity index (χ3v) is 6.40. The molecule has 1 aliphatic heterocycles. The van der Waals surface area contributed by atoms with Crippen molar-refractivity contribution < 1.29 is 27.1 Å². The maximum Gasteiger partial charge on any atom is 0.255 e. The maximum absolute atomic E-state index is 12.6. The molecule has 1 amide bonds. The van der Waals surface area contributed by atoms with E-state index >= 15 is 0 Å². The van der Waals surface area contributed by atoms with Crippen LogP contribution in [0.25, 0.3) is 0 Å². The van der Waals surface area contributed by atoms with Gasteiger partial charge in [-0.3, -0.25) is 4.79 Å². The van der Waals surface area contributed by atoms with E-state index in [4.69, 9.17) is 13.9 Å². The second kappa shape index (κ2) is 8.50. The van der Waals surface area contributed by atoms with E-state index in [2.05, 4.69) is 26.0 Å². The van der Waals surface area contributed by atoms with Crippen LogP contribution in [0.3, 0.4) is 0 Å². The number of carbonyl (C=O) groups excluding carboxylic acids is 1. The molecule has 2 aromatic carbocycles. The molecule has 8 nitrogen and oxygen atoms in total. The lowest BCUT2D eigenvalue weighted by atomic mass is 10.2. The highest BCUT2D eigenvalue weighted by atomic mass is 79.9. The summed E-state index contributed by atoms with van der Waals surface area (Å²) in [5, 5.41) is 2.78. The van der Waals surface area contributed by atoms with Gasteiger partial charge in [0.15, 0.2) is 11.5 Å². The van der Waals surface area contributed by atoms with Crippen molar-refractivity contribution in [1.82, 2.24) is 4.72 Å². The fourth-order valence-electron chi connectivity index (χ4n) is 2.80. The fraction of sp³-hybridized carbons (Fsp3) is 0.150. The molecule has 0 fully saturated rings. The van der Waals surface area contributed by atoms with Crippen LogP contribution in [0.15, 0.2) is 68.6 Å². The van der Waals surface area contributed by atoms with Gasteiger partial charge in [0, 0.05) is 22.2 Å². The monoisotopic (exact) mass is 492 g/mol. The first-order chi connectivity index (χ1) is 14.4. The summed E-state index contributed by atoms with van der Waals surface area (Å²) in [6.45, 7) is 0.943. The normalized spacial score (nSPS) is 13.1. The Labute approximate surface area is 181 Å². The predicted molar refractivity (Wildman–Crippen MR) is 112 cm³/mol. The summed E-state index contributed by atoms with van der Waals surface area (Å²) in [4.78, 5) is 12.6. The van der Waals surface area contributed by atoms with Gasteiger partial charge in [0.2, 0.25) is 10.0 Å². The van der Waals surface area contributed by atoms with Gasteiger partial charge in [0.25, 0.3) is 5.91 Å². The Hall–Kier alpha value is -2.82. The number of amides is 1. The highest BCUT2D eigenvalue weighted by molar-refractivity contribution is 9.10. The molecule has 0 saturated carbocycles. The van der Waals surface area contributed by atoms with E-state index in [1.54, 1.807) is 24.3 Å². The minimum absolute atomic E-state index is 0.0374. The van der Waals surface area contributed by atoms with Gasteiger partial charge in [0.1, 0.15) is 19.0 Å². The van der Waals surface area contributed by atoms with E-state index in [9.17, 15) is 13.2 Å². The lowest BCUT2D eigenvalue weighted by Crippen LogP contribution is -2.23. The number of hydrogen-bond acceptors (Lipinski definition) is 6. The zero-order valence-corrected chi connectivity index (χ0v) is 18.0. The molecule has 0 bridgehead atoms. The number of sulfonamides is 1. The van der Waals surface area contributed by atoms with Crippen LogP contribution in [0, 0.1) is 0 Å². The van der Waals surface area contributed by atoms with E-state index in [0.717, 1.165) is 0 Å². The van der Waals surface area contributed by atoms with Crippen molar-refractivity contribution >= 4 is 37.5 Å². The third kappa shape index (κ3) is 4.50. The standard InChI is InChI=1S/C20H17BrN2O6S/c21-16-10-18-19(29-9-8-28-18)11-17(16)23-20(24)13-3-5-15(6-4-13)30(25,26)22-12-14-2-1-7-27-14/h1-7,10-11,22H,8-9,12H2,(H,23,24). The van der Waals surface area contributed by atoms with Crippen LogP contribution in [0.5, 0.6) is 11.5 Å². The van der Waals surface area contributed by atoms with E-state index in [1.165, 1.54) is 30.5 Å². The Kier molecular flexibility index (Phi) is 5.80. The molecule has 0 atom stereocenters. The Morgan fingerprint density at radius 2 is 1.73 bits per heavy atom. The molecule has 10 heteroatoms. The summed E-state index contributed by atoms with van der Waals surface area (Å²) < 4.78 is 44.0. The van der Waals surface area contributed by atoms with Gasteiger partial charge < -0.3 is 19.2 Å². The van der Waals surface area contributed by atoms with Crippen LogP contribution in [0.1, 0.15) is 16.1 Å². The second-order valence-electron chi connectivity index (χ2n) is 6.36. The first-order valence-corrected chi connectivity index (χ1v) is 11.2. The zero-order valence-electron chi connectivity index (χ0n) is 15.6. The molecule has 0 radical (unpaired) electrons. The van der Waals surface area contributed by atoms with Crippen molar-refractivity contribution in [3.05, 3.63) is 70.6 Å². The summed E-state index contributed by atoms with van der Waals surface area (Å²) in [5.74, 6) is 1.26. The molecule has 2 N–H and O–H groups in total. The zero-order chi connectivity index (χ0) is 21.1. The van der Waals surface area contributed by atoms with Crippen LogP contribution >= 0.6 is 15.9 Å². The highest BCUT2D eigenvalue weighted by Crippen LogP contribution is 2.38. The molecule has 1 aromatic heterocycles. The van der Waals surface area contributed by atoms with E-state index in [0.29, 0.717) is 46.2 Å². The number of benzene rings is 2. The molecule has 0 saturated heterocycles. The average molecular weight is 493 g/mol. The van der Waals surface area contributed by atoms with E-state index in [1.807, 2.05) is 0 Å². The van der Waals surface area contributed by atoms with Gasteiger partial charge in [0.05, 0.1) is 23.4 Å². The fourth-order valence-corrected chi connectivity index (χ4v) is 4.22. The Morgan fingerprint density at radius 3 is 2.40 bits per heavy atom. The van der Waals surface area contributed by atoms with Crippen molar-refractivity contribution in [2.45, 2.75) is 11.4 Å². The number of ether oxygens (including phenoxy) is 2. The third-order valence-electron chi connectivity index (χ3n) is 4.32. The molecule has 30 heavy (non-hydrogen) atoms. The van der Waals surface area contributed by atoms with Crippen LogP contribution in [-0.4, -0.2) is 27.5 Å². The second-order valence-corrected chi connectivity index (χ2v) is 8.98. The van der Waals surface area contributed by atoms with Gasteiger partial charge in [-0.25, -0.2) is 13.1 Å². The molecule has 156 valence electrons. The molecule has 3 aromatic rings. The predicted octanol–water partition coefficient (Wildman–Crippen LogP) is 3.54. The molecule has 0 aliphatic carbocycles. The molecular weight excluding hydrogens is 476 g/mol. The van der Waals surface area contributed by atoms with Gasteiger partial charge in [-0.1, -0.05) is 0 Å². The van der Waals surface area contributed by atoms with E-state index < -0.39 is 10.0 Å². The molecule has 2 heterocycles. The van der Waals surface area contributed by atoms with Gasteiger partial charge in [-0.15, -0.1) is 0 Å². The Morgan fingerprint density at radius 1 is 1.03 bits per heavy atom. The minimum atomic E-state index is -3.73. The smallest absolute Gasteiger partial charge is 0.255 e. The topological polar surface area (TPSA) is 107 Å². The van der Waals surface area contributed by atoms with Crippen molar-refractivity contribution in [3.8, 4) is 11.5 Å². The van der Waals surface area contributed by atoms with Crippen molar-refractivity contribution in [2.24, 2.45) is 0 Å². The van der Waals surface area contributed by atoms with Gasteiger partial charge in [-0.05, 0) is 52.3 Å². The van der Waals surface area contributed by atoms with Gasteiger partial charge in [-0.2, -0.15) is 0 Å².